The van der Waals surface area contributed by atoms with Crippen molar-refractivity contribution in [1.29, 1.82) is 0 Å². The van der Waals surface area contributed by atoms with Crippen molar-refractivity contribution in [3.05, 3.63) is 47.8 Å². The molecule has 0 saturated carbocycles. The molecule has 7 heteroatoms. The summed E-state index contributed by atoms with van der Waals surface area (Å²) >= 11 is 0. The molecule has 2 heterocycles. The third-order valence-electron chi connectivity index (χ3n) is 2.57. The van der Waals surface area contributed by atoms with Gasteiger partial charge in [-0.3, -0.25) is 9.79 Å². The fourth-order valence-corrected chi connectivity index (χ4v) is 1.58. The Hall–Kier alpha value is -2.70. The van der Waals surface area contributed by atoms with E-state index in [1.807, 2.05) is 12.1 Å². The minimum atomic E-state index is -0.587. The van der Waals surface area contributed by atoms with Crippen LogP contribution in [0.15, 0.2) is 44.4 Å². The summed E-state index contributed by atoms with van der Waals surface area (Å²) in [6.07, 6.45) is 1.61. The summed E-state index contributed by atoms with van der Waals surface area (Å²) in [4.78, 5) is 15.0. The molecule has 0 radical (unpaired) electrons. The fraction of sp³-hybridized carbons (Fsp3) is 0.231. The standard InChI is InChI=1S/C13H16N4O3/c1-15-13(16-7-9-3-2-6-19-9)17-8-10-4-5-11(20-10)12(14)18/h2-6H,7-8H2,1H3,(H2,14,18)(H2,15,16,17). The molecule has 0 aliphatic carbocycles. The molecule has 0 aromatic carbocycles. The number of carbonyl (C=O) groups excluding carboxylic acids is 1. The van der Waals surface area contributed by atoms with Crippen LogP contribution < -0.4 is 16.4 Å². The molecule has 0 fully saturated rings. The topological polar surface area (TPSA) is 106 Å². The summed E-state index contributed by atoms with van der Waals surface area (Å²) in [5.41, 5.74) is 5.11. The van der Waals surface area contributed by atoms with Crippen LogP contribution in [-0.2, 0) is 13.1 Å². The third kappa shape index (κ3) is 3.64. The van der Waals surface area contributed by atoms with Crippen LogP contribution in [0.3, 0.4) is 0 Å². The van der Waals surface area contributed by atoms with Crippen molar-refractivity contribution in [1.82, 2.24) is 10.6 Å². The summed E-state index contributed by atoms with van der Waals surface area (Å²) in [5.74, 6) is 1.55. The van der Waals surface area contributed by atoms with E-state index in [2.05, 4.69) is 15.6 Å². The van der Waals surface area contributed by atoms with Gasteiger partial charge in [0.25, 0.3) is 5.91 Å². The summed E-state index contributed by atoms with van der Waals surface area (Å²) in [6.45, 7) is 0.919. The van der Waals surface area contributed by atoms with Gasteiger partial charge in [-0.05, 0) is 24.3 Å². The van der Waals surface area contributed by atoms with Crippen LogP contribution in [0, 0.1) is 0 Å². The van der Waals surface area contributed by atoms with E-state index < -0.39 is 5.91 Å². The molecule has 2 rings (SSSR count). The molecule has 20 heavy (non-hydrogen) atoms. The zero-order chi connectivity index (χ0) is 14.4. The lowest BCUT2D eigenvalue weighted by molar-refractivity contribution is 0.0972. The number of aliphatic imine (C=N–C) groups is 1. The van der Waals surface area contributed by atoms with Crippen LogP contribution in [0.25, 0.3) is 0 Å². The van der Waals surface area contributed by atoms with Gasteiger partial charge in [0.05, 0.1) is 19.4 Å². The quantitative estimate of drug-likeness (QED) is 0.554. The van der Waals surface area contributed by atoms with Gasteiger partial charge < -0.3 is 25.2 Å². The van der Waals surface area contributed by atoms with Crippen molar-refractivity contribution < 1.29 is 13.6 Å². The van der Waals surface area contributed by atoms with Crippen molar-refractivity contribution in [2.75, 3.05) is 7.05 Å². The molecule has 0 aliphatic heterocycles. The number of amides is 1. The van der Waals surface area contributed by atoms with E-state index in [0.717, 1.165) is 5.76 Å². The van der Waals surface area contributed by atoms with Crippen molar-refractivity contribution in [3.8, 4) is 0 Å². The molecule has 0 atom stereocenters. The SMILES string of the molecule is CN=C(NCc1ccco1)NCc1ccc(C(N)=O)o1. The molecule has 0 bridgehead atoms. The largest absolute Gasteiger partial charge is 0.467 e. The number of primary amides is 1. The van der Waals surface area contributed by atoms with Crippen LogP contribution in [0.4, 0.5) is 0 Å². The Morgan fingerprint density at radius 1 is 1.25 bits per heavy atom. The van der Waals surface area contributed by atoms with E-state index in [1.54, 1.807) is 25.4 Å². The molecule has 0 unspecified atom stereocenters. The zero-order valence-corrected chi connectivity index (χ0v) is 11.1. The number of nitrogens with one attached hydrogen (secondary N) is 2. The molecular weight excluding hydrogens is 260 g/mol. The molecule has 2 aromatic heterocycles. The lowest BCUT2D eigenvalue weighted by Crippen LogP contribution is -2.36. The maximum Gasteiger partial charge on any atom is 0.284 e. The van der Waals surface area contributed by atoms with Gasteiger partial charge in [-0.15, -0.1) is 0 Å². The zero-order valence-electron chi connectivity index (χ0n) is 11.1. The van der Waals surface area contributed by atoms with E-state index in [9.17, 15) is 4.79 Å². The average molecular weight is 276 g/mol. The molecule has 1 amide bonds. The monoisotopic (exact) mass is 276 g/mol. The molecule has 2 aromatic rings. The number of hydrogen-bond donors (Lipinski definition) is 3. The van der Waals surface area contributed by atoms with Gasteiger partial charge in [0.15, 0.2) is 11.7 Å². The smallest absolute Gasteiger partial charge is 0.284 e. The Labute approximate surface area is 115 Å². The molecule has 0 saturated heterocycles. The number of furan rings is 2. The van der Waals surface area contributed by atoms with E-state index in [1.165, 1.54) is 0 Å². The van der Waals surface area contributed by atoms with Gasteiger partial charge in [-0.1, -0.05) is 0 Å². The predicted octanol–water partition coefficient (Wildman–Crippen LogP) is 0.837. The van der Waals surface area contributed by atoms with Crippen LogP contribution >= 0.6 is 0 Å². The van der Waals surface area contributed by atoms with Crippen molar-refractivity contribution in [2.45, 2.75) is 13.1 Å². The second kappa shape index (κ2) is 6.46. The van der Waals surface area contributed by atoms with Gasteiger partial charge in [0.1, 0.15) is 11.5 Å². The van der Waals surface area contributed by atoms with Gasteiger partial charge in [-0.25, -0.2) is 0 Å². The lowest BCUT2D eigenvalue weighted by Gasteiger charge is -2.09. The van der Waals surface area contributed by atoms with E-state index in [0.29, 0.717) is 24.8 Å². The van der Waals surface area contributed by atoms with E-state index >= 15 is 0 Å². The number of nitrogens with zero attached hydrogens (tertiary/aromatic N) is 1. The number of nitrogens with two attached hydrogens (primary N) is 1. The summed E-state index contributed by atoms with van der Waals surface area (Å²) in [7, 11) is 1.66. The summed E-state index contributed by atoms with van der Waals surface area (Å²) < 4.78 is 10.5. The Morgan fingerprint density at radius 3 is 2.55 bits per heavy atom. The normalized spacial score (nSPS) is 11.3. The van der Waals surface area contributed by atoms with Gasteiger partial charge in [-0.2, -0.15) is 0 Å². The maximum atomic E-state index is 10.9. The van der Waals surface area contributed by atoms with Gasteiger partial charge >= 0.3 is 0 Å². The molecule has 4 N–H and O–H groups in total. The first-order valence-electron chi connectivity index (χ1n) is 6.04. The minimum Gasteiger partial charge on any atom is -0.467 e. The Kier molecular flexibility index (Phi) is 4.43. The molecule has 106 valence electrons. The first-order chi connectivity index (χ1) is 9.69. The third-order valence-corrected chi connectivity index (χ3v) is 2.57. The van der Waals surface area contributed by atoms with Crippen LogP contribution in [0.2, 0.25) is 0 Å². The van der Waals surface area contributed by atoms with Crippen LogP contribution in [-0.4, -0.2) is 18.9 Å². The van der Waals surface area contributed by atoms with Crippen LogP contribution in [0.5, 0.6) is 0 Å². The minimum absolute atomic E-state index is 0.139. The second-order valence-electron chi connectivity index (χ2n) is 3.99. The number of rotatable bonds is 5. The lowest BCUT2D eigenvalue weighted by atomic mass is 10.4. The average Bonchev–Trinajstić information content (AvgIpc) is 3.10. The summed E-state index contributed by atoms with van der Waals surface area (Å²) in [5, 5.41) is 6.14. The Morgan fingerprint density at radius 2 is 2.00 bits per heavy atom. The second-order valence-corrected chi connectivity index (χ2v) is 3.99. The van der Waals surface area contributed by atoms with Gasteiger partial charge in [0, 0.05) is 7.05 Å². The highest BCUT2D eigenvalue weighted by atomic mass is 16.4. The molecule has 0 spiro atoms. The number of carbonyl (C=O) groups is 1. The molecular formula is C13H16N4O3. The summed E-state index contributed by atoms with van der Waals surface area (Å²) in [6, 6.07) is 6.92. The first-order valence-corrected chi connectivity index (χ1v) is 6.04. The highest BCUT2D eigenvalue weighted by Crippen LogP contribution is 2.06. The van der Waals surface area contributed by atoms with Crippen molar-refractivity contribution >= 4 is 11.9 Å². The molecule has 7 nitrogen and oxygen atoms in total. The molecule has 0 aliphatic rings. The highest BCUT2D eigenvalue weighted by Gasteiger charge is 2.07. The predicted molar refractivity (Wildman–Crippen MR) is 73.0 cm³/mol. The van der Waals surface area contributed by atoms with Gasteiger partial charge in [0.2, 0.25) is 0 Å². The van der Waals surface area contributed by atoms with E-state index in [-0.39, 0.29) is 5.76 Å². The highest BCUT2D eigenvalue weighted by molar-refractivity contribution is 5.89. The first kappa shape index (κ1) is 13.7. The fourth-order valence-electron chi connectivity index (χ4n) is 1.58. The Bertz CT molecular complexity index is 587. The Balaban J connectivity index is 1.82. The van der Waals surface area contributed by atoms with Crippen LogP contribution in [0.1, 0.15) is 22.1 Å². The van der Waals surface area contributed by atoms with E-state index in [4.69, 9.17) is 14.6 Å². The van der Waals surface area contributed by atoms with Crippen molar-refractivity contribution in [3.63, 3.8) is 0 Å². The number of hydrogen-bond acceptors (Lipinski definition) is 4. The maximum absolute atomic E-state index is 10.9. The van der Waals surface area contributed by atoms with Crippen molar-refractivity contribution in [2.24, 2.45) is 10.7 Å². The number of guanidine groups is 1.